The van der Waals surface area contributed by atoms with Gasteiger partial charge in [0.15, 0.2) is 0 Å². The van der Waals surface area contributed by atoms with Gasteiger partial charge in [-0.2, -0.15) is 0 Å². The van der Waals surface area contributed by atoms with Gasteiger partial charge in [0.2, 0.25) is 5.95 Å². The van der Waals surface area contributed by atoms with E-state index in [1.807, 2.05) is 12.1 Å². The molecule has 0 unspecified atom stereocenters. The van der Waals surface area contributed by atoms with E-state index >= 15 is 0 Å². The number of benzene rings is 1. The third-order valence-electron chi connectivity index (χ3n) is 5.40. The van der Waals surface area contributed by atoms with Crippen LogP contribution in [-0.4, -0.2) is 53.8 Å². The maximum atomic E-state index is 12.7. The average molecular weight is 384 g/mol. The third-order valence-corrected chi connectivity index (χ3v) is 5.40. The van der Waals surface area contributed by atoms with Crippen LogP contribution < -0.4 is 15.2 Å². The van der Waals surface area contributed by atoms with Gasteiger partial charge in [-0.3, -0.25) is 14.7 Å². The number of hydrogen-bond acceptors (Lipinski definition) is 6. The van der Waals surface area contributed by atoms with Crippen LogP contribution in [0.3, 0.4) is 0 Å². The quantitative estimate of drug-likeness (QED) is 0.869. The minimum atomic E-state index is -0.00664. The molecule has 2 atom stereocenters. The number of fused-ring (bicyclic) bond motifs is 1. The minimum absolute atomic E-state index is 0.00664. The first-order valence-electron chi connectivity index (χ1n) is 9.89. The van der Waals surface area contributed by atoms with E-state index in [2.05, 4.69) is 40.8 Å². The Morgan fingerprint density at radius 3 is 2.82 bits per heavy atom. The Kier molecular flexibility index (Phi) is 5.37. The number of nitrogens with one attached hydrogen (secondary N) is 1. The number of aromatic amines is 1. The van der Waals surface area contributed by atoms with Crippen molar-refractivity contribution in [3.63, 3.8) is 0 Å². The van der Waals surface area contributed by atoms with Crippen LogP contribution >= 0.6 is 0 Å². The Bertz CT molecular complexity index is 887. The predicted octanol–water partition coefficient (Wildman–Crippen LogP) is 1.95. The van der Waals surface area contributed by atoms with Crippen molar-refractivity contribution in [2.45, 2.75) is 45.6 Å². The molecule has 2 aliphatic rings. The summed E-state index contributed by atoms with van der Waals surface area (Å²) in [7, 11) is 1.68. The lowest BCUT2D eigenvalue weighted by Gasteiger charge is -2.36. The van der Waals surface area contributed by atoms with Crippen molar-refractivity contribution in [3.05, 3.63) is 51.4 Å². The number of nitrogens with zero attached hydrogens (tertiary/aromatic N) is 3. The topological polar surface area (TPSA) is 70.7 Å². The molecule has 0 aliphatic carbocycles. The van der Waals surface area contributed by atoms with Gasteiger partial charge >= 0.3 is 0 Å². The highest BCUT2D eigenvalue weighted by molar-refractivity contribution is 5.35. The lowest BCUT2D eigenvalue weighted by atomic mass is 10.1. The third kappa shape index (κ3) is 4.05. The number of rotatable bonds is 4. The van der Waals surface area contributed by atoms with Gasteiger partial charge in [0, 0.05) is 38.3 Å². The summed E-state index contributed by atoms with van der Waals surface area (Å²) in [5.74, 6) is 1.52. The second-order valence-corrected chi connectivity index (χ2v) is 7.79. The van der Waals surface area contributed by atoms with Crippen LogP contribution in [0.25, 0.3) is 0 Å². The monoisotopic (exact) mass is 384 g/mol. The molecule has 4 rings (SSSR count). The van der Waals surface area contributed by atoms with Crippen molar-refractivity contribution in [1.82, 2.24) is 14.9 Å². The fourth-order valence-corrected chi connectivity index (χ4v) is 4.15. The average Bonchev–Trinajstić information content (AvgIpc) is 2.67. The molecule has 0 amide bonds. The molecule has 0 spiro atoms. The van der Waals surface area contributed by atoms with Gasteiger partial charge in [-0.05, 0) is 38.0 Å². The highest BCUT2D eigenvalue weighted by atomic mass is 16.5. The van der Waals surface area contributed by atoms with Gasteiger partial charge in [0.25, 0.3) is 5.56 Å². The molecule has 150 valence electrons. The van der Waals surface area contributed by atoms with Gasteiger partial charge in [-0.1, -0.05) is 12.1 Å². The van der Waals surface area contributed by atoms with E-state index in [0.717, 1.165) is 49.6 Å². The number of morpholine rings is 1. The first-order valence-corrected chi connectivity index (χ1v) is 9.89. The SMILES string of the molecule is COc1cccc(CN2CCc3c(nc(N4C[C@@H](C)O[C@@H](C)C4)[nH]c3=O)C2)c1. The van der Waals surface area contributed by atoms with Crippen molar-refractivity contribution >= 4 is 5.95 Å². The van der Waals surface area contributed by atoms with E-state index in [0.29, 0.717) is 12.5 Å². The van der Waals surface area contributed by atoms with Crippen LogP contribution in [0, 0.1) is 0 Å². The Morgan fingerprint density at radius 2 is 2.07 bits per heavy atom. The molecule has 3 heterocycles. The van der Waals surface area contributed by atoms with E-state index in [1.54, 1.807) is 7.11 Å². The number of hydrogen-bond donors (Lipinski definition) is 1. The highest BCUT2D eigenvalue weighted by Gasteiger charge is 2.27. The predicted molar refractivity (Wildman–Crippen MR) is 108 cm³/mol. The van der Waals surface area contributed by atoms with Gasteiger partial charge in [0.05, 0.1) is 25.0 Å². The van der Waals surface area contributed by atoms with E-state index in [1.165, 1.54) is 5.56 Å². The van der Waals surface area contributed by atoms with Crippen LogP contribution in [0.15, 0.2) is 29.1 Å². The number of methoxy groups -OCH3 is 1. The molecule has 0 bridgehead atoms. The smallest absolute Gasteiger partial charge is 0.255 e. The Balaban J connectivity index is 1.54. The first-order chi connectivity index (χ1) is 13.5. The van der Waals surface area contributed by atoms with E-state index in [9.17, 15) is 4.79 Å². The molecular weight excluding hydrogens is 356 g/mol. The van der Waals surface area contributed by atoms with Crippen molar-refractivity contribution in [3.8, 4) is 5.75 Å². The van der Waals surface area contributed by atoms with Crippen LogP contribution in [0.2, 0.25) is 0 Å². The largest absolute Gasteiger partial charge is 0.497 e. The molecule has 0 saturated carbocycles. The molecule has 1 saturated heterocycles. The molecule has 7 heteroatoms. The van der Waals surface area contributed by atoms with Gasteiger partial charge < -0.3 is 14.4 Å². The molecule has 1 fully saturated rings. The number of aromatic nitrogens is 2. The lowest BCUT2D eigenvalue weighted by Crippen LogP contribution is -2.47. The summed E-state index contributed by atoms with van der Waals surface area (Å²) in [6.45, 7) is 7.91. The molecule has 1 aromatic carbocycles. The fraction of sp³-hybridized carbons (Fsp3) is 0.524. The van der Waals surface area contributed by atoms with Crippen molar-refractivity contribution in [1.29, 1.82) is 0 Å². The maximum absolute atomic E-state index is 12.7. The standard InChI is InChI=1S/C21H28N4O3/c1-14-10-25(11-15(2)28-14)21-22-19-13-24(8-7-18(19)20(26)23-21)12-16-5-4-6-17(9-16)27-3/h4-6,9,14-15H,7-8,10-13H2,1-3H3,(H,22,23,26)/t14-,15+. The lowest BCUT2D eigenvalue weighted by molar-refractivity contribution is -0.00576. The minimum Gasteiger partial charge on any atom is -0.497 e. The molecule has 1 aromatic heterocycles. The zero-order valence-electron chi connectivity index (χ0n) is 16.8. The molecule has 1 N–H and O–H groups in total. The summed E-state index contributed by atoms with van der Waals surface area (Å²) in [5.41, 5.74) is 2.90. The normalized spacial score (nSPS) is 22.8. The zero-order valence-corrected chi connectivity index (χ0v) is 16.8. The summed E-state index contributed by atoms with van der Waals surface area (Å²) in [5, 5.41) is 0. The second-order valence-electron chi connectivity index (χ2n) is 7.79. The van der Waals surface area contributed by atoms with Crippen molar-refractivity contribution < 1.29 is 9.47 Å². The van der Waals surface area contributed by atoms with Crippen LogP contribution in [0.1, 0.15) is 30.7 Å². The Morgan fingerprint density at radius 1 is 1.29 bits per heavy atom. The molecule has 0 radical (unpaired) electrons. The zero-order chi connectivity index (χ0) is 19.7. The summed E-state index contributed by atoms with van der Waals surface area (Å²) in [6.07, 6.45) is 0.960. The summed E-state index contributed by atoms with van der Waals surface area (Å²) >= 11 is 0. The fourth-order valence-electron chi connectivity index (χ4n) is 4.15. The van der Waals surface area contributed by atoms with Crippen molar-refractivity contribution in [2.24, 2.45) is 0 Å². The summed E-state index contributed by atoms with van der Waals surface area (Å²) < 4.78 is 11.1. The summed E-state index contributed by atoms with van der Waals surface area (Å²) in [6, 6.07) is 8.12. The molecule has 2 aromatic rings. The second kappa shape index (κ2) is 7.93. The van der Waals surface area contributed by atoms with E-state index < -0.39 is 0 Å². The molecule has 2 aliphatic heterocycles. The first kappa shape index (κ1) is 19.0. The van der Waals surface area contributed by atoms with E-state index in [-0.39, 0.29) is 17.8 Å². The molecular formula is C21H28N4O3. The van der Waals surface area contributed by atoms with Gasteiger partial charge in [-0.25, -0.2) is 4.98 Å². The van der Waals surface area contributed by atoms with Crippen LogP contribution in [0.5, 0.6) is 5.75 Å². The van der Waals surface area contributed by atoms with Crippen LogP contribution in [-0.2, 0) is 24.2 Å². The van der Waals surface area contributed by atoms with Gasteiger partial charge in [0.1, 0.15) is 5.75 Å². The Labute approximate surface area is 165 Å². The number of H-pyrrole nitrogens is 1. The van der Waals surface area contributed by atoms with E-state index in [4.69, 9.17) is 14.5 Å². The number of anilines is 1. The molecule has 7 nitrogen and oxygen atoms in total. The Hall–Kier alpha value is -2.38. The van der Waals surface area contributed by atoms with Gasteiger partial charge in [-0.15, -0.1) is 0 Å². The highest BCUT2D eigenvalue weighted by Crippen LogP contribution is 2.22. The maximum Gasteiger partial charge on any atom is 0.255 e. The van der Waals surface area contributed by atoms with Crippen molar-refractivity contribution in [2.75, 3.05) is 31.6 Å². The molecule has 28 heavy (non-hydrogen) atoms. The van der Waals surface area contributed by atoms with Crippen LogP contribution in [0.4, 0.5) is 5.95 Å². The summed E-state index contributed by atoms with van der Waals surface area (Å²) in [4.78, 5) is 24.9. The number of ether oxygens (including phenoxy) is 2.